The van der Waals surface area contributed by atoms with Crippen molar-refractivity contribution < 1.29 is 9.90 Å². The van der Waals surface area contributed by atoms with Crippen molar-refractivity contribution in [3.05, 3.63) is 23.7 Å². The van der Waals surface area contributed by atoms with Crippen LogP contribution >= 0.6 is 0 Å². The van der Waals surface area contributed by atoms with Gasteiger partial charge in [0.05, 0.1) is 11.2 Å². The second-order valence-electron chi connectivity index (χ2n) is 4.98. The smallest absolute Gasteiger partial charge is 0.185 e. The molecule has 0 fully saturated rings. The van der Waals surface area contributed by atoms with E-state index in [9.17, 15) is 4.79 Å². The third kappa shape index (κ3) is 1.80. The molecule has 0 aliphatic carbocycles. The molecule has 2 aromatic heterocycles. The number of aliphatic hydroxyl groups is 1. The Bertz CT molecular complexity index is 614. The number of aryl methyl sites for hydroxylation is 2. The van der Waals surface area contributed by atoms with Gasteiger partial charge in [-0.2, -0.15) is 5.10 Å². The van der Waals surface area contributed by atoms with E-state index in [4.69, 9.17) is 5.11 Å². The van der Waals surface area contributed by atoms with E-state index in [-0.39, 0.29) is 5.78 Å². The summed E-state index contributed by atoms with van der Waals surface area (Å²) in [6.07, 6.45) is 1.77. The Balaban J connectivity index is 2.72. The number of carbonyl (C=O) groups is 1. The summed E-state index contributed by atoms with van der Waals surface area (Å²) in [5.41, 5.74) is 1.70. The first kappa shape index (κ1) is 12.7. The fourth-order valence-corrected chi connectivity index (χ4v) is 1.99. The first-order valence-electron chi connectivity index (χ1n) is 5.84. The molecule has 5 nitrogen and oxygen atoms in total. The zero-order chi connectivity index (χ0) is 13.5. The number of aromatic nitrogens is 3. The van der Waals surface area contributed by atoms with Crippen molar-refractivity contribution in [2.75, 3.05) is 6.61 Å². The summed E-state index contributed by atoms with van der Waals surface area (Å²) >= 11 is 0. The quantitative estimate of drug-likeness (QED) is 0.888. The van der Waals surface area contributed by atoms with Crippen molar-refractivity contribution >= 4 is 16.7 Å². The van der Waals surface area contributed by atoms with Crippen LogP contribution in [-0.4, -0.2) is 32.3 Å². The Kier molecular flexibility index (Phi) is 2.94. The lowest BCUT2D eigenvalue weighted by atomic mass is 10.00. The van der Waals surface area contributed by atoms with Crippen LogP contribution in [0.3, 0.4) is 0 Å². The third-order valence-electron chi connectivity index (χ3n) is 3.24. The molecule has 5 heteroatoms. The first-order valence-corrected chi connectivity index (χ1v) is 5.84. The van der Waals surface area contributed by atoms with Crippen LogP contribution in [0.1, 0.15) is 25.2 Å². The van der Waals surface area contributed by atoms with Crippen LogP contribution in [-0.2, 0) is 10.3 Å². The van der Waals surface area contributed by atoms with Crippen molar-refractivity contribution in [3.63, 3.8) is 0 Å². The summed E-state index contributed by atoms with van der Waals surface area (Å²) in [4.78, 5) is 16.1. The first-order chi connectivity index (χ1) is 8.37. The van der Waals surface area contributed by atoms with Crippen LogP contribution in [0.2, 0.25) is 0 Å². The SMILES string of the molecule is Cc1cc2c(cn1)c(C)nn2C(C)(C)C(=O)CO. The molecule has 0 aliphatic rings. The van der Waals surface area contributed by atoms with E-state index in [0.717, 1.165) is 22.3 Å². The molecule has 0 amide bonds. The Hall–Kier alpha value is -1.75. The van der Waals surface area contributed by atoms with Gasteiger partial charge >= 0.3 is 0 Å². The molecule has 0 aromatic carbocycles. The van der Waals surface area contributed by atoms with E-state index in [1.165, 1.54) is 0 Å². The maximum absolute atomic E-state index is 11.8. The zero-order valence-corrected chi connectivity index (χ0v) is 11.1. The zero-order valence-electron chi connectivity index (χ0n) is 11.1. The highest BCUT2D eigenvalue weighted by Gasteiger charge is 2.31. The predicted octanol–water partition coefficient (Wildman–Crippen LogP) is 1.34. The standard InChI is InChI=1S/C13H17N3O2/c1-8-5-11-10(6-14-8)9(2)15-16(11)13(3,4)12(18)7-17/h5-6,17H,7H2,1-4H3. The molecule has 0 bridgehead atoms. The number of nitrogens with zero attached hydrogens (tertiary/aromatic N) is 3. The van der Waals surface area contributed by atoms with E-state index in [1.54, 1.807) is 24.7 Å². The summed E-state index contributed by atoms with van der Waals surface area (Å²) < 4.78 is 1.67. The molecular formula is C13H17N3O2. The molecule has 1 N–H and O–H groups in total. The summed E-state index contributed by atoms with van der Waals surface area (Å²) in [7, 11) is 0. The molecule has 0 unspecified atom stereocenters. The number of rotatable bonds is 3. The van der Waals surface area contributed by atoms with Crippen molar-refractivity contribution in [3.8, 4) is 0 Å². The lowest BCUT2D eigenvalue weighted by Gasteiger charge is -2.23. The van der Waals surface area contributed by atoms with Crippen molar-refractivity contribution in [1.82, 2.24) is 14.8 Å². The van der Waals surface area contributed by atoms with Crippen molar-refractivity contribution in [2.24, 2.45) is 0 Å². The minimum atomic E-state index is -0.866. The number of pyridine rings is 1. The molecule has 2 rings (SSSR count). The van der Waals surface area contributed by atoms with E-state index in [0.29, 0.717) is 0 Å². The highest BCUT2D eigenvalue weighted by molar-refractivity contribution is 5.90. The van der Waals surface area contributed by atoms with Gasteiger partial charge in [-0.1, -0.05) is 0 Å². The number of hydrogen-bond acceptors (Lipinski definition) is 4. The van der Waals surface area contributed by atoms with Crippen LogP contribution in [0, 0.1) is 13.8 Å². The number of Topliss-reactive ketones (excluding diaryl/α,β-unsaturated/α-hetero) is 1. The fourth-order valence-electron chi connectivity index (χ4n) is 1.99. The molecular weight excluding hydrogens is 230 g/mol. The Labute approximate surface area is 105 Å². The molecule has 96 valence electrons. The van der Waals surface area contributed by atoms with Crippen LogP contribution in [0.25, 0.3) is 10.9 Å². The number of ketones is 1. The van der Waals surface area contributed by atoms with Crippen molar-refractivity contribution in [1.29, 1.82) is 0 Å². The highest BCUT2D eigenvalue weighted by atomic mass is 16.3. The molecule has 0 atom stereocenters. The Morgan fingerprint density at radius 3 is 2.72 bits per heavy atom. The second kappa shape index (κ2) is 4.17. The number of hydrogen-bond donors (Lipinski definition) is 1. The van der Waals surface area contributed by atoms with Gasteiger partial charge in [0.25, 0.3) is 0 Å². The molecule has 0 spiro atoms. The summed E-state index contributed by atoms with van der Waals surface area (Å²) in [5.74, 6) is -0.263. The molecule has 0 radical (unpaired) electrons. The summed E-state index contributed by atoms with van der Waals surface area (Å²) in [5, 5.41) is 14.4. The largest absolute Gasteiger partial charge is 0.388 e. The average molecular weight is 247 g/mol. The van der Waals surface area contributed by atoms with Gasteiger partial charge in [-0.05, 0) is 33.8 Å². The van der Waals surface area contributed by atoms with Crippen LogP contribution in [0.5, 0.6) is 0 Å². The number of carbonyl (C=O) groups excluding carboxylic acids is 1. The van der Waals surface area contributed by atoms with Gasteiger partial charge in [-0.3, -0.25) is 14.5 Å². The number of aliphatic hydroxyl groups excluding tert-OH is 1. The Morgan fingerprint density at radius 2 is 2.11 bits per heavy atom. The minimum Gasteiger partial charge on any atom is -0.388 e. The molecule has 2 aromatic rings. The van der Waals surface area contributed by atoms with Gasteiger partial charge in [-0.15, -0.1) is 0 Å². The van der Waals surface area contributed by atoms with Crippen LogP contribution in [0.15, 0.2) is 12.3 Å². The van der Waals surface area contributed by atoms with Gasteiger partial charge in [0.15, 0.2) is 5.78 Å². The monoisotopic (exact) mass is 247 g/mol. The molecule has 0 saturated heterocycles. The lowest BCUT2D eigenvalue weighted by Crippen LogP contribution is -2.38. The van der Waals surface area contributed by atoms with Gasteiger partial charge in [0.1, 0.15) is 12.1 Å². The van der Waals surface area contributed by atoms with Crippen LogP contribution < -0.4 is 0 Å². The van der Waals surface area contributed by atoms with E-state index < -0.39 is 12.1 Å². The van der Waals surface area contributed by atoms with E-state index in [1.807, 2.05) is 19.9 Å². The molecule has 2 heterocycles. The fraction of sp³-hybridized carbons (Fsp3) is 0.462. The summed E-state index contributed by atoms with van der Waals surface area (Å²) in [6.45, 7) is 6.81. The second-order valence-corrected chi connectivity index (χ2v) is 4.98. The minimum absolute atomic E-state index is 0.263. The normalized spacial score (nSPS) is 12.1. The Morgan fingerprint density at radius 1 is 1.44 bits per heavy atom. The van der Waals surface area contributed by atoms with Crippen LogP contribution in [0.4, 0.5) is 0 Å². The van der Waals surface area contributed by atoms with Gasteiger partial charge in [-0.25, -0.2) is 0 Å². The topological polar surface area (TPSA) is 68.0 Å². The van der Waals surface area contributed by atoms with Gasteiger partial charge < -0.3 is 5.11 Å². The number of fused-ring (bicyclic) bond motifs is 1. The van der Waals surface area contributed by atoms with E-state index in [2.05, 4.69) is 10.1 Å². The van der Waals surface area contributed by atoms with E-state index >= 15 is 0 Å². The average Bonchev–Trinajstić information content (AvgIpc) is 2.65. The lowest BCUT2D eigenvalue weighted by molar-refractivity contribution is -0.129. The predicted molar refractivity (Wildman–Crippen MR) is 68.4 cm³/mol. The summed E-state index contributed by atoms with van der Waals surface area (Å²) in [6, 6.07) is 1.90. The molecule has 18 heavy (non-hydrogen) atoms. The third-order valence-corrected chi connectivity index (χ3v) is 3.24. The molecule has 0 saturated carbocycles. The highest BCUT2D eigenvalue weighted by Crippen LogP contribution is 2.25. The van der Waals surface area contributed by atoms with Crippen molar-refractivity contribution in [2.45, 2.75) is 33.2 Å². The van der Waals surface area contributed by atoms with Gasteiger partial charge in [0.2, 0.25) is 0 Å². The maximum atomic E-state index is 11.8. The molecule has 0 aliphatic heterocycles. The van der Waals surface area contributed by atoms with Gasteiger partial charge in [0, 0.05) is 17.3 Å². The maximum Gasteiger partial charge on any atom is 0.185 e.